The van der Waals surface area contributed by atoms with Crippen molar-refractivity contribution in [3.05, 3.63) is 90.5 Å². The fourth-order valence-corrected chi connectivity index (χ4v) is 3.93. The Morgan fingerprint density at radius 1 is 0.971 bits per heavy atom. The van der Waals surface area contributed by atoms with Crippen LogP contribution in [0, 0.1) is 0 Å². The summed E-state index contributed by atoms with van der Waals surface area (Å²) in [5, 5.41) is 4.05. The van der Waals surface area contributed by atoms with Gasteiger partial charge < -0.3 is 10.1 Å². The van der Waals surface area contributed by atoms with Crippen molar-refractivity contribution in [3.8, 4) is 5.75 Å². The second-order valence-corrected chi connectivity index (χ2v) is 7.83. The van der Waals surface area contributed by atoms with E-state index in [4.69, 9.17) is 17.0 Å². The third kappa shape index (κ3) is 4.89. The Morgan fingerprint density at radius 3 is 2.32 bits per heavy atom. The predicted octanol–water partition coefficient (Wildman–Crippen LogP) is 3.37. The first kappa shape index (κ1) is 22.9. The molecule has 1 atom stereocenters. The highest BCUT2D eigenvalue weighted by molar-refractivity contribution is 7.80. The van der Waals surface area contributed by atoms with Gasteiger partial charge in [0.25, 0.3) is 5.91 Å². The maximum Gasteiger partial charge on any atom is 0.269 e. The number of rotatable bonds is 6. The van der Waals surface area contributed by atoms with E-state index in [1.54, 1.807) is 78.9 Å². The van der Waals surface area contributed by atoms with E-state index >= 15 is 0 Å². The first-order valence-electron chi connectivity index (χ1n) is 10.5. The van der Waals surface area contributed by atoms with E-state index < -0.39 is 17.9 Å². The van der Waals surface area contributed by atoms with Crippen LogP contribution in [0.2, 0.25) is 0 Å². The molecule has 3 aromatic rings. The smallest absolute Gasteiger partial charge is 0.269 e. The minimum absolute atomic E-state index is 0.00229. The van der Waals surface area contributed by atoms with Crippen molar-refractivity contribution in [1.29, 1.82) is 0 Å². The Hall–Kier alpha value is -4.24. The van der Waals surface area contributed by atoms with Crippen LogP contribution < -0.4 is 20.4 Å². The molecule has 3 amide bonds. The zero-order valence-corrected chi connectivity index (χ0v) is 19.1. The van der Waals surface area contributed by atoms with Gasteiger partial charge in [0.05, 0.1) is 19.2 Å². The molecule has 1 saturated heterocycles. The molecule has 172 valence electrons. The zero-order valence-electron chi connectivity index (χ0n) is 18.3. The third-order valence-electron chi connectivity index (χ3n) is 5.24. The Labute approximate surface area is 202 Å². The number of nitrogens with zero attached hydrogens (tertiary/aromatic N) is 2. The van der Waals surface area contributed by atoms with Crippen LogP contribution in [0.1, 0.15) is 16.8 Å². The lowest BCUT2D eigenvalue weighted by molar-refractivity contribution is -0.127. The summed E-state index contributed by atoms with van der Waals surface area (Å²) in [5.74, 6) is -0.737. The molecule has 1 aliphatic heterocycles. The number of amides is 3. The van der Waals surface area contributed by atoms with Gasteiger partial charge in [-0.05, 0) is 48.6 Å². The Balaban J connectivity index is 1.64. The molecule has 0 aliphatic carbocycles. The highest BCUT2D eigenvalue weighted by Gasteiger charge is 2.42. The van der Waals surface area contributed by atoms with E-state index in [0.29, 0.717) is 22.7 Å². The van der Waals surface area contributed by atoms with Crippen LogP contribution in [0.5, 0.6) is 5.75 Å². The van der Waals surface area contributed by atoms with Crippen LogP contribution in [-0.2, 0) is 9.59 Å². The van der Waals surface area contributed by atoms with Gasteiger partial charge in [-0.1, -0.05) is 42.5 Å². The van der Waals surface area contributed by atoms with Gasteiger partial charge in [-0.2, -0.15) is 0 Å². The number of benzene rings is 3. The van der Waals surface area contributed by atoms with E-state index in [-0.39, 0.29) is 17.4 Å². The quantitative estimate of drug-likeness (QED) is 0.533. The van der Waals surface area contributed by atoms with Crippen molar-refractivity contribution in [2.75, 3.05) is 17.3 Å². The van der Waals surface area contributed by atoms with Crippen LogP contribution in [0.3, 0.4) is 0 Å². The fourth-order valence-electron chi connectivity index (χ4n) is 3.55. The van der Waals surface area contributed by atoms with Crippen molar-refractivity contribution in [2.24, 2.45) is 0 Å². The van der Waals surface area contributed by atoms with Crippen LogP contribution in [0.25, 0.3) is 0 Å². The van der Waals surface area contributed by atoms with E-state index in [9.17, 15) is 14.4 Å². The van der Waals surface area contributed by atoms with Gasteiger partial charge in [-0.25, -0.2) is 5.01 Å². The number of hydrazine groups is 1. The zero-order chi connectivity index (χ0) is 24.1. The Kier molecular flexibility index (Phi) is 6.84. The molecule has 8 nitrogen and oxygen atoms in total. The number of carbonyl (C=O) groups is 3. The van der Waals surface area contributed by atoms with Crippen LogP contribution >= 0.6 is 12.2 Å². The molecule has 0 spiro atoms. The second-order valence-electron chi connectivity index (χ2n) is 7.47. The van der Waals surface area contributed by atoms with Crippen LogP contribution in [0.4, 0.5) is 11.4 Å². The Morgan fingerprint density at radius 2 is 1.65 bits per heavy atom. The normalized spacial score (nSPS) is 15.6. The van der Waals surface area contributed by atoms with E-state index in [1.165, 1.54) is 17.0 Å². The average Bonchev–Trinajstić information content (AvgIpc) is 2.86. The van der Waals surface area contributed by atoms with Gasteiger partial charge in [0.2, 0.25) is 16.9 Å². The minimum Gasteiger partial charge on any atom is -0.497 e. The lowest BCUT2D eigenvalue weighted by atomic mass is 10.1. The van der Waals surface area contributed by atoms with Crippen molar-refractivity contribution in [3.63, 3.8) is 0 Å². The van der Waals surface area contributed by atoms with Crippen molar-refractivity contribution in [1.82, 2.24) is 10.4 Å². The van der Waals surface area contributed by atoms with Gasteiger partial charge in [0.15, 0.2) is 0 Å². The number of carbonyl (C=O) groups excluding carboxylic acids is 3. The Bertz CT molecular complexity index is 1220. The minimum atomic E-state index is -1.06. The summed E-state index contributed by atoms with van der Waals surface area (Å²) in [6.07, 6.45) is -0.195. The molecular weight excluding hydrogens is 452 g/mol. The summed E-state index contributed by atoms with van der Waals surface area (Å²) in [6, 6.07) is 23.2. The molecule has 0 unspecified atom stereocenters. The molecule has 0 aromatic heterocycles. The summed E-state index contributed by atoms with van der Waals surface area (Å²) >= 11 is 5.59. The molecule has 0 radical (unpaired) electrons. The number of anilines is 2. The topological polar surface area (TPSA) is 91.0 Å². The summed E-state index contributed by atoms with van der Waals surface area (Å²) in [5.41, 5.74) is 4.14. The average molecular weight is 475 g/mol. The predicted molar refractivity (Wildman–Crippen MR) is 132 cm³/mol. The number of hydrogen-bond donors (Lipinski definition) is 2. The molecule has 3 aromatic carbocycles. The fraction of sp³-hybridized carbons (Fsp3) is 0.120. The van der Waals surface area contributed by atoms with Gasteiger partial charge in [-0.3, -0.25) is 24.7 Å². The van der Waals surface area contributed by atoms with Crippen LogP contribution in [-0.4, -0.2) is 41.0 Å². The number of hydrogen-bond acceptors (Lipinski definition) is 5. The summed E-state index contributed by atoms with van der Waals surface area (Å²) < 4.78 is 5.20. The van der Waals surface area contributed by atoms with Crippen LogP contribution in [0.15, 0.2) is 84.9 Å². The number of methoxy groups -OCH3 is 1. The van der Waals surface area contributed by atoms with Gasteiger partial charge in [0.1, 0.15) is 11.8 Å². The van der Waals surface area contributed by atoms with Gasteiger partial charge in [0, 0.05) is 17.3 Å². The lowest BCUT2D eigenvalue weighted by Crippen LogP contribution is -2.65. The first-order valence-corrected chi connectivity index (χ1v) is 10.9. The molecule has 2 N–H and O–H groups in total. The first-order chi connectivity index (χ1) is 16.5. The number of thiocarbonyl (C=S) groups is 1. The lowest BCUT2D eigenvalue weighted by Gasteiger charge is -2.41. The van der Waals surface area contributed by atoms with Crippen molar-refractivity contribution in [2.45, 2.75) is 12.5 Å². The van der Waals surface area contributed by atoms with Gasteiger partial charge >= 0.3 is 0 Å². The molecular formula is C25H22N4O4S. The molecule has 9 heteroatoms. The summed E-state index contributed by atoms with van der Waals surface area (Å²) in [7, 11) is 1.53. The molecule has 0 saturated carbocycles. The maximum atomic E-state index is 13.3. The number of ether oxygens (including phenoxy) is 1. The molecule has 34 heavy (non-hydrogen) atoms. The highest BCUT2D eigenvalue weighted by atomic mass is 32.1. The van der Waals surface area contributed by atoms with E-state index in [2.05, 4.69) is 10.7 Å². The SMILES string of the molecule is COc1cccc(NC(=O)[C@@H]2CC(=O)N(c3ccccc3)C(=S)N2NC(=O)c2ccccc2)c1. The second kappa shape index (κ2) is 10.1. The van der Waals surface area contributed by atoms with Crippen molar-refractivity contribution >= 4 is 46.4 Å². The third-order valence-corrected chi connectivity index (χ3v) is 5.62. The molecule has 0 bridgehead atoms. The van der Waals surface area contributed by atoms with Crippen molar-refractivity contribution < 1.29 is 19.1 Å². The summed E-state index contributed by atoms with van der Waals surface area (Å²) in [4.78, 5) is 40.6. The largest absolute Gasteiger partial charge is 0.497 e. The molecule has 1 heterocycles. The monoisotopic (exact) mass is 474 g/mol. The number of para-hydroxylation sites is 1. The molecule has 4 rings (SSSR count). The standard InChI is InChI=1S/C25H22N4O4S/c1-33-20-14-8-11-18(15-20)26-24(32)21-16-22(30)28(19-12-6-3-7-13-19)25(34)29(21)27-23(31)17-9-4-2-5-10-17/h2-15,21H,16H2,1H3,(H,26,32)(H,27,31)/t21-/m0/s1. The summed E-state index contributed by atoms with van der Waals surface area (Å²) in [6.45, 7) is 0. The number of nitrogens with one attached hydrogen (secondary N) is 2. The maximum absolute atomic E-state index is 13.3. The van der Waals surface area contributed by atoms with Gasteiger partial charge in [-0.15, -0.1) is 0 Å². The molecule has 1 fully saturated rings. The van der Waals surface area contributed by atoms with E-state index in [1.807, 2.05) is 6.07 Å². The van der Waals surface area contributed by atoms with E-state index in [0.717, 1.165) is 0 Å². The highest BCUT2D eigenvalue weighted by Crippen LogP contribution is 2.25. The molecule has 1 aliphatic rings.